The molecule has 1 amide bonds. The number of nitrogens with one attached hydrogen (secondary N) is 1. The van der Waals surface area contributed by atoms with Crippen LogP contribution in [0.1, 0.15) is 31.2 Å². The largest absolute Gasteiger partial charge is 0.354 e. The van der Waals surface area contributed by atoms with E-state index >= 15 is 0 Å². The fourth-order valence-electron chi connectivity index (χ4n) is 4.10. The predicted molar refractivity (Wildman–Crippen MR) is 110 cm³/mol. The molecule has 2 heterocycles. The molecule has 0 unspecified atom stereocenters. The van der Waals surface area contributed by atoms with Crippen molar-refractivity contribution in [3.8, 4) is 11.4 Å². The minimum atomic E-state index is -0.439. The number of rotatable bonds is 6. The lowest BCUT2D eigenvalue weighted by Gasteiger charge is -2.28. The summed E-state index contributed by atoms with van der Waals surface area (Å²) in [5.74, 6) is 0.964. The van der Waals surface area contributed by atoms with Crippen molar-refractivity contribution >= 4 is 17.5 Å². The Morgan fingerprint density at radius 1 is 1.14 bits per heavy atom. The molecule has 0 saturated heterocycles. The van der Waals surface area contributed by atoms with Gasteiger partial charge in [0.1, 0.15) is 5.82 Å². The van der Waals surface area contributed by atoms with E-state index in [9.17, 15) is 4.79 Å². The zero-order valence-corrected chi connectivity index (χ0v) is 16.4. The second kappa shape index (κ2) is 8.15. The van der Waals surface area contributed by atoms with Crippen molar-refractivity contribution < 1.29 is 4.79 Å². The fourth-order valence-corrected chi connectivity index (χ4v) is 4.22. The van der Waals surface area contributed by atoms with Gasteiger partial charge in [0.15, 0.2) is 0 Å². The third-order valence-corrected chi connectivity index (χ3v) is 5.81. The Bertz CT molecular complexity index is 931. The van der Waals surface area contributed by atoms with Crippen molar-refractivity contribution in [3.05, 3.63) is 71.8 Å². The van der Waals surface area contributed by atoms with Crippen molar-refractivity contribution in [1.82, 2.24) is 19.9 Å². The first-order valence-electron chi connectivity index (χ1n) is 9.65. The topological polar surface area (TPSA) is 59.8 Å². The van der Waals surface area contributed by atoms with Crippen LogP contribution >= 0.6 is 11.6 Å². The molecule has 28 heavy (non-hydrogen) atoms. The van der Waals surface area contributed by atoms with Crippen LogP contribution in [0, 0.1) is 0 Å². The van der Waals surface area contributed by atoms with E-state index in [2.05, 4.69) is 15.3 Å². The normalized spacial score (nSPS) is 15.5. The summed E-state index contributed by atoms with van der Waals surface area (Å²) in [5, 5.41) is 3.85. The Morgan fingerprint density at radius 2 is 1.93 bits per heavy atom. The zero-order chi connectivity index (χ0) is 19.4. The molecule has 0 radical (unpaired) electrons. The summed E-state index contributed by atoms with van der Waals surface area (Å²) in [6.45, 7) is 1.21. The summed E-state index contributed by atoms with van der Waals surface area (Å²) in [7, 11) is 0. The number of carbonyl (C=O) groups is 1. The van der Waals surface area contributed by atoms with Crippen molar-refractivity contribution in [2.75, 3.05) is 6.54 Å². The second-order valence-electron chi connectivity index (χ2n) is 7.24. The summed E-state index contributed by atoms with van der Waals surface area (Å²) in [6, 6.07) is 11.6. The molecule has 4 rings (SSSR count). The molecule has 0 atom stereocenters. The van der Waals surface area contributed by atoms with E-state index in [-0.39, 0.29) is 5.91 Å². The molecule has 144 valence electrons. The van der Waals surface area contributed by atoms with Gasteiger partial charge in [-0.3, -0.25) is 9.78 Å². The quantitative estimate of drug-likeness (QED) is 0.680. The number of aromatic nitrogens is 3. The number of benzene rings is 1. The minimum Gasteiger partial charge on any atom is -0.354 e. The highest BCUT2D eigenvalue weighted by atomic mass is 35.5. The summed E-state index contributed by atoms with van der Waals surface area (Å²) >= 11 is 6.04. The van der Waals surface area contributed by atoms with Crippen molar-refractivity contribution in [2.45, 2.75) is 37.6 Å². The molecular formula is C22H23ClN4O. The van der Waals surface area contributed by atoms with Crippen molar-refractivity contribution in [3.63, 3.8) is 0 Å². The molecule has 1 aliphatic carbocycles. The first-order chi connectivity index (χ1) is 13.7. The van der Waals surface area contributed by atoms with Crippen LogP contribution in [0.15, 0.2) is 61.2 Å². The number of nitrogens with zero attached hydrogens (tertiary/aromatic N) is 3. The highest BCUT2D eigenvalue weighted by Gasteiger charge is 2.42. The van der Waals surface area contributed by atoms with E-state index in [1.807, 2.05) is 47.2 Å². The van der Waals surface area contributed by atoms with E-state index in [1.165, 1.54) is 0 Å². The number of hydrogen-bond donors (Lipinski definition) is 1. The van der Waals surface area contributed by atoms with Gasteiger partial charge in [-0.2, -0.15) is 0 Å². The molecule has 0 aliphatic heterocycles. The van der Waals surface area contributed by atoms with Gasteiger partial charge in [-0.15, -0.1) is 0 Å². The Hall–Kier alpha value is -2.66. The third kappa shape index (κ3) is 3.67. The molecule has 0 bridgehead atoms. The number of amides is 1. The highest BCUT2D eigenvalue weighted by molar-refractivity contribution is 6.30. The SMILES string of the molecule is O=C(NCCn1ccnc1-c1cccnc1)C1(c2ccc(Cl)cc2)CCCC1. The molecule has 1 fully saturated rings. The monoisotopic (exact) mass is 394 g/mol. The van der Waals surface area contributed by atoms with Crippen LogP contribution in [0.2, 0.25) is 5.02 Å². The Morgan fingerprint density at radius 3 is 2.64 bits per heavy atom. The van der Waals surface area contributed by atoms with Crippen LogP contribution < -0.4 is 5.32 Å². The van der Waals surface area contributed by atoms with Gasteiger partial charge in [-0.05, 0) is 42.7 Å². The van der Waals surface area contributed by atoms with E-state index < -0.39 is 5.41 Å². The summed E-state index contributed by atoms with van der Waals surface area (Å²) < 4.78 is 2.04. The first-order valence-corrected chi connectivity index (χ1v) is 10.0. The first kappa shape index (κ1) is 18.7. The fraction of sp³-hybridized carbons (Fsp3) is 0.318. The summed E-state index contributed by atoms with van der Waals surface area (Å²) in [4.78, 5) is 21.7. The Balaban J connectivity index is 1.44. The van der Waals surface area contributed by atoms with E-state index in [0.29, 0.717) is 18.1 Å². The summed E-state index contributed by atoms with van der Waals surface area (Å²) in [5.41, 5.74) is 1.59. The lowest BCUT2D eigenvalue weighted by atomic mass is 9.78. The standard InChI is InChI=1S/C22H23ClN4O/c23-19-7-5-18(6-8-19)22(9-1-2-10-22)21(28)26-13-15-27-14-12-25-20(27)17-4-3-11-24-16-17/h3-8,11-12,14,16H,1-2,9-10,13,15H2,(H,26,28). The summed E-state index contributed by atoms with van der Waals surface area (Å²) in [6.07, 6.45) is 11.2. The molecule has 1 N–H and O–H groups in total. The molecule has 3 aromatic rings. The minimum absolute atomic E-state index is 0.107. The van der Waals surface area contributed by atoms with Gasteiger partial charge in [-0.25, -0.2) is 4.98 Å². The lowest BCUT2D eigenvalue weighted by Crippen LogP contribution is -2.43. The molecule has 1 aliphatic rings. The zero-order valence-electron chi connectivity index (χ0n) is 15.6. The molecule has 1 saturated carbocycles. The third-order valence-electron chi connectivity index (χ3n) is 5.56. The van der Waals surface area contributed by atoms with Crippen LogP contribution in [-0.2, 0) is 16.8 Å². The van der Waals surface area contributed by atoms with Gasteiger partial charge in [0.2, 0.25) is 5.91 Å². The van der Waals surface area contributed by atoms with E-state index in [4.69, 9.17) is 11.6 Å². The van der Waals surface area contributed by atoms with Crippen molar-refractivity contribution in [1.29, 1.82) is 0 Å². The highest BCUT2D eigenvalue weighted by Crippen LogP contribution is 2.41. The molecular weight excluding hydrogens is 372 g/mol. The lowest BCUT2D eigenvalue weighted by molar-refractivity contribution is -0.126. The number of pyridine rings is 1. The average Bonchev–Trinajstić information content (AvgIpc) is 3.40. The predicted octanol–water partition coefficient (Wildman–Crippen LogP) is 4.23. The smallest absolute Gasteiger partial charge is 0.230 e. The molecule has 6 heteroatoms. The van der Waals surface area contributed by atoms with Gasteiger partial charge >= 0.3 is 0 Å². The average molecular weight is 395 g/mol. The number of hydrogen-bond acceptors (Lipinski definition) is 3. The second-order valence-corrected chi connectivity index (χ2v) is 7.67. The van der Waals surface area contributed by atoms with Gasteiger partial charge in [0.05, 0.1) is 5.41 Å². The number of halogens is 1. The van der Waals surface area contributed by atoms with Crippen molar-refractivity contribution in [2.24, 2.45) is 0 Å². The van der Waals surface area contributed by atoms with Gasteiger partial charge in [-0.1, -0.05) is 36.6 Å². The maximum Gasteiger partial charge on any atom is 0.230 e. The molecule has 5 nitrogen and oxygen atoms in total. The van der Waals surface area contributed by atoms with Gasteiger partial charge in [0.25, 0.3) is 0 Å². The Labute approximate surface area is 169 Å². The van der Waals surface area contributed by atoms with E-state index in [1.54, 1.807) is 18.6 Å². The molecule has 1 aromatic carbocycles. The van der Waals surface area contributed by atoms with Gasteiger partial charge < -0.3 is 9.88 Å². The number of imidazole rings is 1. The van der Waals surface area contributed by atoms with Gasteiger partial charge in [0, 0.05) is 48.5 Å². The number of carbonyl (C=O) groups excluding carboxylic acids is 1. The van der Waals surface area contributed by atoms with E-state index in [0.717, 1.165) is 42.6 Å². The van der Waals surface area contributed by atoms with Crippen LogP contribution in [0.4, 0.5) is 0 Å². The van der Waals surface area contributed by atoms with Crippen LogP contribution in [0.5, 0.6) is 0 Å². The Kier molecular flexibility index (Phi) is 5.44. The maximum atomic E-state index is 13.2. The maximum absolute atomic E-state index is 13.2. The molecule has 2 aromatic heterocycles. The van der Waals surface area contributed by atoms with Crippen LogP contribution in [-0.4, -0.2) is 27.0 Å². The molecule has 0 spiro atoms. The van der Waals surface area contributed by atoms with Crippen LogP contribution in [0.25, 0.3) is 11.4 Å². The van der Waals surface area contributed by atoms with Crippen LogP contribution in [0.3, 0.4) is 0 Å².